The van der Waals surface area contributed by atoms with E-state index in [1.54, 1.807) is 0 Å². The molecule has 0 spiro atoms. The largest absolute Gasteiger partial charge is 0.481 e. The molecule has 0 atom stereocenters. The van der Waals surface area contributed by atoms with Gasteiger partial charge in [0.15, 0.2) is 11.6 Å². The quantitative estimate of drug-likeness (QED) is 0.747. The zero-order chi connectivity index (χ0) is 8.43. The van der Waals surface area contributed by atoms with E-state index < -0.39 is 24.0 Å². The van der Waals surface area contributed by atoms with Crippen LogP contribution in [-0.2, 0) is 11.2 Å². The summed E-state index contributed by atoms with van der Waals surface area (Å²) in [5.41, 5.74) is 0. The van der Waals surface area contributed by atoms with E-state index in [4.69, 9.17) is 5.11 Å². The maximum atomic E-state index is 12.5. The summed E-state index contributed by atoms with van der Waals surface area (Å²) in [6.45, 7) is 0. The first-order valence-corrected chi connectivity index (χ1v) is 3.62. The predicted octanol–water partition coefficient (Wildman–Crippen LogP) is 1.65. The first-order valence-electron chi connectivity index (χ1n) is 2.74. The maximum Gasteiger partial charge on any atom is 0.308 e. The van der Waals surface area contributed by atoms with E-state index in [-0.39, 0.29) is 4.88 Å². The van der Waals surface area contributed by atoms with Crippen LogP contribution in [0.5, 0.6) is 0 Å². The minimum absolute atomic E-state index is 0.0741. The Morgan fingerprint density at radius 3 is 2.64 bits per heavy atom. The Hall–Kier alpha value is -0.970. The molecule has 0 aromatic carbocycles. The molecule has 11 heavy (non-hydrogen) atoms. The average molecular weight is 178 g/mol. The lowest BCUT2D eigenvalue weighted by atomic mass is 10.3. The molecule has 2 nitrogen and oxygen atoms in total. The highest BCUT2D eigenvalue weighted by Crippen LogP contribution is 2.19. The predicted molar refractivity (Wildman–Crippen MR) is 35.6 cm³/mol. The first kappa shape index (κ1) is 8.13. The standard InChI is InChI=1S/C6H4F2O2S/c7-3-2-11-4(6(3)8)1-5(9)10/h2H,1H2,(H,9,10). The fourth-order valence-corrected chi connectivity index (χ4v) is 1.37. The molecular weight excluding hydrogens is 174 g/mol. The van der Waals surface area contributed by atoms with Gasteiger partial charge in [0.1, 0.15) is 0 Å². The topological polar surface area (TPSA) is 37.3 Å². The number of halogens is 2. The lowest BCUT2D eigenvalue weighted by Crippen LogP contribution is -1.99. The van der Waals surface area contributed by atoms with Crippen molar-refractivity contribution in [3.63, 3.8) is 0 Å². The molecule has 0 saturated carbocycles. The Morgan fingerprint density at radius 1 is 1.64 bits per heavy atom. The van der Waals surface area contributed by atoms with Crippen molar-refractivity contribution in [2.75, 3.05) is 0 Å². The molecule has 1 N–H and O–H groups in total. The highest BCUT2D eigenvalue weighted by Gasteiger charge is 2.13. The van der Waals surface area contributed by atoms with Gasteiger partial charge in [-0.15, -0.1) is 11.3 Å². The van der Waals surface area contributed by atoms with Gasteiger partial charge in [-0.05, 0) is 0 Å². The number of carboxylic acids is 1. The SMILES string of the molecule is O=C(O)Cc1scc(F)c1F. The number of hydrogen-bond donors (Lipinski definition) is 1. The van der Waals surface area contributed by atoms with Gasteiger partial charge in [0.05, 0.1) is 11.3 Å². The van der Waals surface area contributed by atoms with Crippen LogP contribution in [0.25, 0.3) is 0 Å². The van der Waals surface area contributed by atoms with Crippen LogP contribution < -0.4 is 0 Å². The van der Waals surface area contributed by atoms with Crippen LogP contribution in [0, 0.1) is 11.6 Å². The summed E-state index contributed by atoms with van der Waals surface area (Å²) in [6, 6.07) is 0. The van der Waals surface area contributed by atoms with Crippen LogP contribution in [0.3, 0.4) is 0 Å². The van der Waals surface area contributed by atoms with Gasteiger partial charge in [0.25, 0.3) is 0 Å². The third-order valence-electron chi connectivity index (χ3n) is 1.07. The molecule has 0 aliphatic rings. The Bertz CT molecular complexity index is 282. The highest BCUT2D eigenvalue weighted by molar-refractivity contribution is 7.10. The van der Waals surface area contributed by atoms with E-state index in [2.05, 4.69) is 0 Å². The van der Waals surface area contributed by atoms with Crippen molar-refractivity contribution in [1.82, 2.24) is 0 Å². The van der Waals surface area contributed by atoms with Crippen molar-refractivity contribution >= 4 is 17.3 Å². The summed E-state index contributed by atoms with van der Waals surface area (Å²) >= 11 is 0.774. The lowest BCUT2D eigenvalue weighted by molar-refractivity contribution is -0.136. The zero-order valence-corrected chi connectivity index (χ0v) is 6.12. The van der Waals surface area contributed by atoms with E-state index in [0.29, 0.717) is 0 Å². The first-order chi connectivity index (χ1) is 5.11. The van der Waals surface area contributed by atoms with Crippen molar-refractivity contribution in [3.8, 4) is 0 Å². The van der Waals surface area contributed by atoms with E-state index in [1.165, 1.54) is 0 Å². The number of hydrogen-bond acceptors (Lipinski definition) is 2. The van der Waals surface area contributed by atoms with Crippen molar-refractivity contribution in [2.24, 2.45) is 0 Å². The van der Waals surface area contributed by atoms with Gasteiger partial charge in [0, 0.05) is 5.38 Å². The minimum atomic E-state index is -1.16. The van der Waals surface area contributed by atoms with Crippen LogP contribution in [0.15, 0.2) is 5.38 Å². The summed E-state index contributed by atoms with van der Waals surface area (Å²) < 4.78 is 24.7. The van der Waals surface area contributed by atoms with Gasteiger partial charge in [-0.3, -0.25) is 4.79 Å². The normalized spacial score (nSPS) is 10.0. The van der Waals surface area contributed by atoms with Gasteiger partial charge < -0.3 is 5.11 Å². The number of rotatable bonds is 2. The fraction of sp³-hybridized carbons (Fsp3) is 0.167. The summed E-state index contributed by atoms with van der Waals surface area (Å²) in [5.74, 6) is -3.19. The molecule has 0 saturated heterocycles. The summed E-state index contributed by atoms with van der Waals surface area (Å²) in [5, 5.41) is 9.17. The van der Waals surface area contributed by atoms with Crippen molar-refractivity contribution in [1.29, 1.82) is 0 Å². The summed E-state index contributed by atoms with van der Waals surface area (Å²) in [6.07, 6.45) is -0.458. The Balaban J connectivity index is 2.87. The molecule has 1 aromatic rings. The van der Waals surface area contributed by atoms with Crippen LogP contribution >= 0.6 is 11.3 Å². The maximum absolute atomic E-state index is 12.5. The van der Waals surface area contributed by atoms with Gasteiger partial charge in [-0.25, -0.2) is 8.78 Å². The lowest BCUT2D eigenvalue weighted by Gasteiger charge is -1.88. The van der Waals surface area contributed by atoms with Gasteiger partial charge in [0.2, 0.25) is 0 Å². The Kier molecular flexibility index (Phi) is 2.19. The molecule has 0 radical (unpaired) electrons. The molecule has 0 amide bonds. The molecule has 0 bridgehead atoms. The number of carboxylic acid groups (broad SMARTS) is 1. The second kappa shape index (κ2) is 2.96. The third-order valence-corrected chi connectivity index (χ3v) is 2.00. The Labute approximate surface area is 65.1 Å². The van der Waals surface area contributed by atoms with Crippen molar-refractivity contribution in [3.05, 3.63) is 21.9 Å². The monoisotopic (exact) mass is 178 g/mol. The number of thiophene rings is 1. The van der Waals surface area contributed by atoms with Gasteiger partial charge >= 0.3 is 5.97 Å². The van der Waals surface area contributed by atoms with Crippen LogP contribution in [-0.4, -0.2) is 11.1 Å². The molecule has 5 heteroatoms. The zero-order valence-electron chi connectivity index (χ0n) is 5.30. The molecule has 60 valence electrons. The second-order valence-corrected chi connectivity index (χ2v) is 2.86. The third kappa shape index (κ3) is 1.74. The van der Waals surface area contributed by atoms with Crippen molar-refractivity contribution in [2.45, 2.75) is 6.42 Å². The van der Waals surface area contributed by atoms with Crippen LogP contribution in [0.1, 0.15) is 4.88 Å². The number of aliphatic carboxylic acids is 1. The molecule has 1 heterocycles. The molecule has 0 aliphatic carbocycles. The fourth-order valence-electron chi connectivity index (χ4n) is 0.616. The summed E-state index contributed by atoms with van der Waals surface area (Å²) in [4.78, 5) is 9.97. The Morgan fingerprint density at radius 2 is 2.27 bits per heavy atom. The smallest absolute Gasteiger partial charge is 0.308 e. The molecular formula is C6H4F2O2S. The molecule has 1 aromatic heterocycles. The van der Waals surface area contributed by atoms with E-state index in [9.17, 15) is 13.6 Å². The number of carbonyl (C=O) groups is 1. The van der Waals surface area contributed by atoms with Gasteiger partial charge in [-0.2, -0.15) is 0 Å². The van der Waals surface area contributed by atoms with E-state index in [1.807, 2.05) is 0 Å². The highest BCUT2D eigenvalue weighted by atomic mass is 32.1. The van der Waals surface area contributed by atoms with Crippen LogP contribution in [0.2, 0.25) is 0 Å². The van der Waals surface area contributed by atoms with Gasteiger partial charge in [-0.1, -0.05) is 0 Å². The van der Waals surface area contributed by atoms with E-state index in [0.717, 1.165) is 16.7 Å². The van der Waals surface area contributed by atoms with Crippen LogP contribution in [0.4, 0.5) is 8.78 Å². The molecule has 0 unspecified atom stereocenters. The van der Waals surface area contributed by atoms with E-state index >= 15 is 0 Å². The molecule has 0 aliphatic heterocycles. The second-order valence-electron chi connectivity index (χ2n) is 1.89. The minimum Gasteiger partial charge on any atom is -0.481 e. The molecule has 1 rings (SSSR count). The molecule has 0 fully saturated rings. The average Bonchev–Trinajstić information content (AvgIpc) is 2.18. The summed E-state index contributed by atoms with van der Waals surface area (Å²) in [7, 11) is 0. The van der Waals surface area contributed by atoms with Crippen molar-refractivity contribution < 1.29 is 18.7 Å².